The third-order valence-corrected chi connectivity index (χ3v) is 4.35. The fourth-order valence-electron chi connectivity index (χ4n) is 3.31. The number of aliphatic carboxylic acids is 1. The molecule has 1 aliphatic carbocycles. The minimum atomic E-state index is -0.627. The molecule has 1 fully saturated rings. The fourth-order valence-corrected chi connectivity index (χ4v) is 3.31. The van der Waals surface area contributed by atoms with Crippen molar-refractivity contribution in [2.75, 3.05) is 0 Å². The summed E-state index contributed by atoms with van der Waals surface area (Å²) in [5.41, 5.74) is 2.56. The highest BCUT2D eigenvalue weighted by atomic mass is 16.4. The summed E-state index contributed by atoms with van der Waals surface area (Å²) in [4.78, 5) is 11.5. The van der Waals surface area contributed by atoms with Gasteiger partial charge < -0.3 is 5.11 Å². The maximum Gasteiger partial charge on any atom is 0.307 e. The molecule has 3 unspecified atom stereocenters. The standard InChI is InChI=1S/C17H24O2/c1-3-5-13-6-4-7-14(11-13)16-10-12(2)8-9-15(16)17(18)19/h4,6-7,11-12,15-16H,3,5,8-10H2,1-2H3,(H,18,19). The molecule has 1 saturated carbocycles. The first-order valence-corrected chi connectivity index (χ1v) is 7.43. The smallest absolute Gasteiger partial charge is 0.307 e. The fraction of sp³-hybridized carbons (Fsp3) is 0.588. The second kappa shape index (κ2) is 6.23. The van der Waals surface area contributed by atoms with Gasteiger partial charge in [0.25, 0.3) is 0 Å². The molecular formula is C17H24O2. The van der Waals surface area contributed by atoms with Crippen molar-refractivity contribution in [3.05, 3.63) is 35.4 Å². The van der Waals surface area contributed by atoms with Gasteiger partial charge in [-0.25, -0.2) is 0 Å². The summed E-state index contributed by atoms with van der Waals surface area (Å²) >= 11 is 0. The van der Waals surface area contributed by atoms with Crippen molar-refractivity contribution in [2.24, 2.45) is 11.8 Å². The molecule has 0 bridgehead atoms. The molecule has 0 amide bonds. The lowest BCUT2D eigenvalue weighted by atomic mass is 9.71. The lowest BCUT2D eigenvalue weighted by Gasteiger charge is -2.33. The summed E-state index contributed by atoms with van der Waals surface area (Å²) in [6.07, 6.45) is 5.08. The van der Waals surface area contributed by atoms with Crippen LogP contribution in [0, 0.1) is 11.8 Å². The third-order valence-electron chi connectivity index (χ3n) is 4.35. The van der Waals surface area contributed by atoms with Crippen LogP contribution in [0.25, 0.3) is 0 Å². The van der Waals surface area contributed by atoms with Gasteiger partial charge in [-0.05, 0) is 48.6 Å². The second-order valence-corrected chi connectivity index (χ2v) is 5.96. The van der Waals surface area contributed by atoms with E-state index < -0.39 is 5.97 Å². The van der Waals surface area contributed by atoms with Crippen LogP contribution in [0.15, 0.2) is 24.3 Å². The SMILES string of the molecule is CCCc1cccc(C2CC(C)CCC2C(=O)O)c1. The van der Waals surface area contributed by atoms with Crippen LogP contribution < -0.4 is 0 Å². The highest BCUT2D eigenvalue weighted by Gasteiger charge is 2.34. The zero-order valence-electron chi connectivity index (χ0n) is 11.9. The molecule has 0 aliphatic heterocycles. The lowest BCUT2D eigenvalue weighted by molar-refractivity contribution is -0.143. The number of benzene rings is 1. The Bertz CT molecular complexity index is 439. The van der Waals surface area contributed by atoms with Crippen LogP contribution in [-0.4, -0.2) is 11.1 Å². The van der Waals surface area contributed by atoms with Gasteiger partial charge in [0.15, 0.2) is 0 Å². The van der Waals surface area contributed by atoms with Crippen LogP contribution in [0.2, 0.25) is 0 Å². The molecule has 1 aliphatic rings. The molecule has 0 saturated heterocycles. The maximum atomic E-state index is 11.5. The van der Waals surface area contributed by atoms with Gasteiger partial charge in [-0.15, -0.1) is 0 Å². The van der Waals surface area contributed by atoms with E-state index in [-0.39, 0.29) is 11.8 Å². The number of hydrogen-bond acceptors (Lipinski definition) is 1. The van der Waals surface area contributed by atoms with Crippen LogP contribution >= 0.6 is 0 Å². The number of carboxylic acids is 1. The molecule has 2 nitrogen and oxygen atoms in total. The first-order chi connectivity index (χ1) is 9.11. The molecular weight excluding hydrogens is 236 g/mol. The van der Waals surface area contributed by atoms with E-state index in [1.54, 1.807) is 0 Å². The molecule has 2 heteroatoms. The van der Waals surface area contributed by atoms with E-state index in [2.05, 4.69) is 38.1 Å². The molecule has 3 atom stereocenters. The average Bonchev–Trinajstić information content (AvgIpc) is 2.39. The Labute approximate surface area is 115 Å². The van der Waals surface area contributed by atoms with Crippen LogP contribution in [0.1, 0.15) is 56.6 Å². The average molecular weight is 260 g/mol. The van der Waals surface area contributed by atoms with Gasteiger partial charge in [0.1, 0.15) is 0 Å². The molecule has 1 aromatic carbocycles. The Morgan fingerprint density at radius 2 is 2.16 bits per heavy atom. The zero-order chi connectivity index (χ0) is 13.8. The Hall–Kier alpha value is -1.31. The van der Waals surface area contributed by atoms with E-state index in [0.717, 1.165) is 32.1 Å². The van der Waals surface area contributed by atoms with Gasteiger partial charge in [-0.1, -0.05) is 44.5 Å². The molecule has 2 rings (SSSR count). The van der Waals surface area contributed by atoms with Crippen LogP contribution in [0.3, 0.4) is 0 Å². The normalized spacial score (nSPS) is 27.2. The number of aryl methyl sites for hydroxylation is 1. The Morgan fingerprint density at radius 3 is 2.84 bits per heavy atom. The van der Waals surface area contributed by atoms with Crippen molar-refractivity contribution < 1.29 is 9.90 Å². The van der Waals surface area contributed by atoms with Gasteiger partial charge in [0.2, 0.25) is 0 Å². The lowest BCUT2D eigenvalue weighted by Crippen LogP contribution is -2.28. The zero-order valence-corrected chi connectivity index (χ0v) is 11.9. The summed E-state index contributed by atoms with van der Waals surface area (Å²) < 4.78 is 0. The van der Waals surface area contributed by atoms with Crippen molar-refractivity contribution in [1.29, 1.82) is 0 Å². The minimum Gasteiger partial charge on any atom is -0.481 e. The monoisotopic (exact) mass is 260 g/mol. The third kappa shape index (κ3) is 3.37. The molecule has 19 heavy (non-hydrogen) atoms. The summed E-state index contributed by atoms with van der Waals surface area (Å²) in [5.74, 6) is -0.000594. The number of rotatable bonds is 4. The Balaban J connectivity index is 2.25. The number of hydrogen-bond donors (Lipinski definition) is 1. The van der Waals surface area contributed by atoms with Gasteiger partial charge >= 0.3 is 5.97 Å². The van der Waals surface area contributed by atoms with Gasteiger partial charge in [0, 0.05) is 0 Å². The summed E-state index contributed by atoms with van der Waals surface area (Å²) in [5, 5.41) is 9.43. The Kier molecular flexibility index (Phi) is 4.62. The number of carbonyl (C=O) groups is 1. The first-order valence-electron chi connectivity index (χ1n) is 7.43. The minimum absolute atomic E-state index is 0.193. The molecule has 0 aromatic heterocycles. The molecule has 0 spiro atoms. The van der Waals surface area contributed by atoms with Gasteiger partial charge in [-0.3, -0.25) is 4.79 Å². The molecule has 1 aromatic rings. The summed E-state index contributed by atoms with van der Waals surface area (Å²) in [7, 11) is 0. The van der Waals surface area contributed by atoms with E-state index in [1.807, 2.05) is 0 Å². The molecule has 104 valence electrons. The topological polar surface area (TPSA) is 37.3 Å². The van der Waals surface area contributed by atoms with Gasteiger partial charge in [0.05, 0.1) is 5.92 Å². The molecule has 0 radical (unpaired) electrons. The largest absolute Gasteiger partial charge is 0.481 e. The Morgan fingerprint density at radius 1 is 1.37 bits per heavy atom. The highest BCUT2D eigenvalue weighted by Crippen LogP contribution is 2.40. The van der Waals surface area contributed by atoms with Crippen molar-refractivity contribution in [1.82, 2.24) is 0 Å². The number of carboxylic acid groups (broad SMARTS) is 1. The first kappa shape index (κ1) is 14.1. The van der Waals surface area contributed by atoms with Crippen molar-refractivity contribution in [3.63, 3.8) is 0 Å². The van der Waals surface area contributed by atoms with E-state index in [0.29, 0.717) is 5.92 Å². The quantitative estimate of drug-likeness (QED) is 0.879. The molecule has 0 heterocycles. The van der Waals surface area contributed by atoms with Crippen LogP contribution in [0.4, 0.5) is 0 Å². The van der Waals surface area contributed by atoms with E-state index in [1.165, 1.54) is 11.1 Å². The van der Waals surface area contributed by atoms with E-state index in [9.17, 15) is 9.90 Å². The van der Waals surface area contributed by atoms with Crippen LogP contribution in [0.5, 0.6) is 0 Å². The highest BCUT2D eigenvalue weighted by molar-refractivity contribution is 5.71. The van der Waals surface area contributed by atoms with Crippen molar-refractivity contribution in [3.8, 4) is 0 Å². The van der Waals surface area contributed by atoms with Crippen LogP contribution in [-0.2, 0) is 11.2 Å². The van der Waals surface area contributed by atoms with Crippen molar-refractivity contribution >= 4 is 5.97 Å². The van der Waals surface area contributed by atoms with Gasteiger partial charge in [-0.2, -0.15) is 0 Å². The molecule has 1 N–H and O–H groups in total. The summed E-state index contributed by atoms with van der Waals surface area (Å²) in [6.45, 7) is 4.41. The second-order valence-electron chi connectivity index (χ2n) is 5.96. The maximum absolute atomic E-state index is 11.5. The van der Waals surface area contributed by atoms with E-state index >= 15 is 0 Å². The predicted octanol–water partition coefficient (Wildman–Crippen LogP) is 4.24. The van der Waals surface area contributed by atoms with E-state index in [4.69, 9.17) is 0 Å². The summed E-state index contributed by atoms with van der Waals surface area (Å²) in [6, 6.07) is 8.56. The van der Waals surface area contributed by atoms with Crippen molar-refractivity contribution in [2.45, 2.75) is 51.9 Å². The predicted molar refractivity (Wildman–Crippen MR) is 77.3 cm³/mol.